The number of halogens is 1. The standard InChI is InChI=1S/C28H56N2O3.ClH/c1-4-5-6-7-8-9-10-11-12-13-14-15-16-17-18-19-20-22-28(33)29-23-21-24-30(2,3)25-27(32)26-31;/h17-18,27,31-32H,4-16,19-26H2,1-3H3;1H/b18-17-;. The van der Waals surface area contributed by atoms with Gasteiger partial charge in [0.25, 0.3) is 0 Å². The SMILES string of the molecule is CCCCCCCCCCCCCC/C=C\CCCC(=O)NCCC[N+](C)(C)CC(O)CO.[Cl-]. The first kappa shape index (κ1) is 35.5. The molecule has 5 nitrogen and oxygen atoms in total. The van der Waals surface area contributed by atoms with Crippen molar-refractivity contribution >= 4 is 5.91 Å². The molecule has 1 atom stereocenters. The number of hydrogen-bond donors (Lipinski definition) is 3. The van der Waals surface area contributed by atoms with E-state index in [0.717, 1.165) is 25.8 Å². The second-order valence-electron chi connectivity index (χ2n) is 10.4. The van der Waals surface area contributed by atoms with Crippen LogP contribution in [-0.2, 0) is 4.79 Å². The van der Waals surface area contributed by atoms with Gasteiger partial charge in [-0.05, 0) is 25.7 Å². The fourth-order valence-electron chi connectivity index (χ4n) is 4.26. The van der Waals surface area contributed by atoms with Gasteiger partial charge >= 0.3 is 0 Å². The van der Waals surface area contributed by atoms with E-state index in [0.29, 0.717) is 24.0 Å². The van der Waals surface area contributed by atoms with Crippen LogP contribution < -0.4 is 17.7 Å². The first-order valence-electron chi connectivity index (χ1n) is 13.9. The summed E-state index contributed by atoms with van der Waals surface area (Å²) in [5.74, 6) is 0.130. The summed E-state index contributed by atoms with van der Waals surface area (Å²) in [6.07, 6.45) is 25.1. The molecular formula is C28H57ClN2O3. The van der Waals surface area contributed by atoms with Crippen molar-refractivity contribution in [3.63, 3.8) is 0 Å². The summed E-state index contributed by atoms with van der Waals surface area (Å²) in [5, 5.41) is 21.5. The number of hydrogen-bond acceptors (Lipinski definition) is 3. The normalized spacial score (nSPS) is 12.6. The Bertz CT molecular complexity index is 473. The van der Waals surface area contributed by atoms with Gasteiger partial charge in [-0.3, -0.25) is 4.79 Å². The Morgan fingerprint density at radius 3 is 1.85 bits per heavy atom. The first-order chi connectivity index (χ1) is 15.9. The molecule has 0 aromatic heterocycles. The van der Waals surface area contributed by atoms with Crippen molar-refractivity contribution in [1.82, 2.24) is 5.32 Å². The lowest BCUT2D eigenvalue weighted by atomic mass is 10.0. The molecule has 0 spiro atoms. The average molecular weight is 505 g/mol. The van der Waals surface area contributed by atoms with Crippen LogP contribution in [0.4, 0.5) is 0 Å². The highest BCUT2D eigenvalue weighted by atomic mass is 35.5. The molecule has 0 aromatic rings. The van der Waals surface area contributed by atoms with E-state index in [4.69, 9.17) is 5.11 Å². The third-order valence-electron chi connectivity index (χ3n) is 6.34. The quantitative estimate of drug-likeness (QED) is 0.107. The van der Waals surface area contributed by atoms with Gasteiger partial charge in [0.15, 0.2) is 0 Å². The van der Waals surface area contributed by atoms with Gasteiger partial charge in [0.1, 0.15) is 12.6 Å². The van der Waals surface area contributed by atoms with E-state index in [2.05, 4.69) is 24.4 Å². The van der Waals surface area contributed by atoms with Crippen molar-refractivity contribution in [2.75, 3.05) is 40.3 Å². The second-order valence-corrected chi connectivity index (χ2v) is 10.4. The van der Waals surface area contributed by atoms with Crippen molar-refractivity contribution in [1.29, 1.82) is 0 Å². The number of amides is 1. The van der Waals surface area contributed by atoms with Crippen LogP contribution in [0.15, 0.2) is 12.2 Å². The van der Waals surface area contributed by atoms with Gasteiger partial charge in [-0.1, -0.05) is 89.7 Å². The molecular weight excluding hydrogens is 448 g/mol. The first-order valence-corrected chi connectivity index (χ1v) is 13.9. The maximum Gasteiger partial charge on any atom is 0.220 e. The maximum atomic E-state index is 11.9. The summed E-state index contributed by atoms with van der Waals surface area (Å²) in [4.78, 5) is 11.9. The highest BCUT2D eigenvalue weighted by Crippen LogP contribution is 2.12. The number of nitrogens with zero attached hydrogens (tertiary/aromatic N) is 1. The molecule has 3 N–H and O–H groups in total. The molecule has 0 saturated heterocycles. The van der Waals surface area contributed by atoms with Crippen molar-refractivity contribution in [2.45, 2.75) is 122 Å². The van der Waals surface area contributed by atoms with Crippen LogP contribution in [0.2, 0.25) is 0 Å². The number of carbonyl (C=O) groups is 1. The van der Waals surface area contributed by atoms with E-state index in [1.807, 2.05) is 14.1 Å². The third-order valence-corrected chi connectivity index (χ3v) is 6.34. The molecule has 1 unspecified atom stereocenters. The van der Waals surface area contributed by atoms with Gasteiger partial charge in [-0.2, -0.15) is 0 Å². The highest BCUT2D eigenvalue weighted by molar-refractivity contribution is 5.75. The van der Waals surface area contributed by atoms with E-state index in [1.165, 1.54) is 83.5 Å². The predicted molar refractivity (Wildman–Crippen MR) is 141 cm³/mol. The number of unbranched alkanes of at least 4 members (excludes halogenated alkanes) is 13. The lowest BCUT2D eigenvalue weighted by Gasteiger charge is -2.31. The van der Waals surface area contributed by atoms with Crippen LogP contribution in [0.25, 0.3) is 0 Å². The fourth-order valence-corrected chi connectivity index (χ4v) is 4.26. The Hall–Kier alpha value is -0.620. The molecule has 0 heterocycles. The van der Waals surface area contributed by atoms with Crippen LogP contribution in [0.5, 0.6) is 0 Å². The number of likely N-dealkylation sites (N-methyl/N-ethyl adjacent to an activating group) is 1. The smallest absolute Gasteiger partial charge is 0.220 e. The van der Waals surface area contributed by atoms with Gasteiger partial charge in [0.05, 0.1) is 27.2 Å². The summed E-state index contributed by atoms with van der Waals surface area (Å²) >= 11 is 0. The Balaban J connectivity index is 0. The summed E-state index contributed by atoms with van der Waals surface area (Å²) in [6.45, 7) is 4.13. The zero-order valence-corrected chi connectivity index (χ0v) is 23.5. The minimum atomic E-state index is -0.678. The van der Waals surface area contributed by atoms with Gasteiger partial charge < -0.3 is 32.4 Å². The van der Waals surface area contributed by atoms with E-state index in [1.54, 1.807) is 0 Å². The number of aliphatic hydroxyl groups excluding tert-OH is 2. The van der Waals surface area contributed by atoms with Gasteiger partial charge in [-0.15, -0.1) is 0 Å². The topological polar surface area (TPSA) is 69.6 Å². The van der Waals surface area contributed by atoms with Crippen LogP contribution in [0.3, 0.4) is 0 Å². The minimum Gasteiger partial charge on any atom is -1.00 e. The van der Waals surface area contributed by atoms with Gasteiger partial charge in [-0.25, -0.2) is 0 Å². The van der Waals surface area contributed by atoms with Crippen molar-refractivity contribution in [3.8, 4) is 0 Å². The lowest BCUT2D eigenvalue weighted by molar-refractivity contribution is -0.893. The van der Waals surface area contributed by atoms with E-state index in [9.17, 15) is 9.90 Å². The van der Waals surface area contributed by atoms with Crippen LogP contribution >= 0.6 is 0 Å². The molecule has 0 saturated carbocycles. The number of rotatable bonds is 24. The number of aliphatic hydroxyl groups is 2. The molecule has 204 valence electrons. The van der Waals surface area contributed by atoms with Crippen molar-refractivity contribution < 1.29 is 31.9 Å². The molecule has 0 fully saturated rings. The molecule has 0 aromatic carbocycles. The van der Waals surface area contributed by atoms with Crippen molar-refractivity contribution in [3.05, 3.63) is 12.2 Å². The largest absolute Gasteiger partial charge is 1.00 e. The van der Waals surface area contributed by atoms with E-state index >= 15 is 0 Å². The minimum absolute atomic E-state index is 0. The number of nitrogens with one attached hydrogen (secondary N) is 1. The Labute approximate surface area is 217 Å². The molecule has 0 radical (unpaired) electrons. The molecule has 6 heteroatoms. The zero-order valence-electron chi connectivity index (χ0n) is 22.7. The Morgan fingerprint density at radius 1 is 0.824 bits per heavy atom. The second kappa shape index (κ2) is 25.5. The predicted octanol–water partition coefficient (Wildman–Crippen LogP) is 2.74. The Morgan fingerprint density at radius 2 is 1.32 bits per heavy atom. The summed E-state index contributed by atoms with van der Waals surface area (Å²) in [7, 11) is 4.06. The summed E-state index contributed by atoms with van der Waals surface area (Å²) < 4.78 is 0.640. The molecule has 0 aliphatic heterocycles. The third kappa shape index (κ3) is 26.0. The highest BCUT2D eigenvalue weighted by Gasteiger charge is 2.19. The van der Waals surface area contributed by atoms with E-state index in [-0.39, 0.29) is 24.9 Å². The summed E-state index contributed by atoms with van der Waals surface area (Å²) in [5.41, 5.74) is 0. The zero-order chi connectivity index (χ0) is 24.6. The van der Waals surface area contributed by atoms with Crippen molar-refractivity contribution in [2.24, 2.45) is 0 Å². The lowest BCUT2D eigenvalue weighted by Crippen LogP contribution is -3.00. The molecule has 0 aliphatic rings. The van der Waals surface area contributed by atoms with Gasteiger partial charge in [0, 0.05) is 19.4 Å². The molecule has 0 aliphatic carbocycles. The summed E-state index contributed by atoms with van der Waals surface area (Å²) in [6, 6.07) is 0. The average Bonchev–Trinajstić information content (AvgIpc) is 2.78. The molecule has 0 rings (SSSR count). The van der Waals surface area contributed by atoms with Crippen LogP contribution in [0, 0.1) is 0 Å². The maximum absolute atomic E-state index is 11.9. The van der Waals surface area contributed by atoms with Crippen LogP contribution in [-0.4, -0.2) is 67.0 Å². The Kier molecular flexibility index (Phi) is 26.6. The fraction of sp³-hybridized carbons (Fsp3) is 0.893. The number of carbonyl (C=O) groups excluding carboxylic acids is 1. The van der Waals surface area contributed by atoms with Gasteiger partial charge in [0.2, 0.25) is 5.91 Å². The molecule has 0 bridgehead atoms. The van der Waals surface area contributed by atoms with Crippen LogP contribution in [0.1, 0.15) is 116 Å². The molecule has 1 amide bonds. The number of allylic oxidation sites excluding steroid dienone is 2. The van der Waals surface area contributed by atoms with E-state index < -0.39 is 6.10 Å². The monoisotopic (exact) mass is 504 g/mol. The number of quaternary nitrogens is 1. The molecule has 34 heavy (non-hydrogen) atoms.